The third-order valence-corrected chi connectivity index (χ3v) is 5.51. The van der Waals surface area contributed by atoms with Crippen LogP contribution in [0, 0.1) is 5.41 Å². The SMILES string of the molecule is CNC1C(Sc2cccc(Br)c2)CCC1(C)C. The van der Waals surface area contributed by atoms with E-state index in [0.29, 0.717) is 16.7 Å². The molecule has 0 aliphatic heterocycles. The third-order valence-electron chi connectivity index (χ3n) is 3.68. The van der Waals surface area contributed by atoms with Gasteiger partial charge < -0.3 is 5.32 Å². The van der Waals surface area contributed by atoms with Gasteiger partial charge in [0.05, 0.1) is 0 Å². The molecule has 0 saturated heterocycles. The average molecular weight is 314 g/mol. The Morgan fingerprint density at radius 2 is 2.18 bits per heavy atom. The molecule has 1 aromatic rings. The average Bonchev–Trinajstić information content (AvgIpc) is 2.53. The van der Waals surface area contributed by atoms with Crippen LogP contribution in [0.4, 0.5) is 0 Å². The maximum atomic E-state index is 3.54. The Balaban J connectivity index is 2.09. The Morgan fingerprint density at radius 3 is 2.82 bits per heavy atom. The number of rotatable bonds is 3. The first-order valence-corrected chi connectivity index (χ1v) is 7.80. The number of benzene rings is 1. The largest absolute Gasteiger partial charge is 0.315 e. The van der Waals surface area contributed by atoms with Crippen molar-refractivity contribution in [3.63, 3.8) is 0 Å². The van der Waals surface area contributed by atoms with Gasteiger partial charge in [-0.05, 0) is 43.5 Å². The predicted octanol–water partition coefficient (Wildman–Crippen LogP) is 4.32. The molecule has 2 unspecified atom stereocenters. The predicted molar refractivity (Wildman–Crippen MR) is 79.6 cm³/mol. The quantitative estimate of drug-likeness (QED) is 0.892. The second-order valence-electron chi connectivity index (χ2n) is 5.41. The van der Waals surface area contributed by atoms with Crippen LogP contribution in [0.1, 0.15) is 26.7 Å². The molecule has 2 rings (SSSR count). The van der Waals surface area contributed by atoms with E-state index in [1.807, 2.05) is 11.8 Å². The summed E-state index contributed by atoms with van der Waals surface area (Å²) in [5.74, 6) is 0. The molecular formula is C14H20BrNS. The molecule has 0 amide bonds. The van der Waals surface area contributed by atoms with Crippen LogP contribution in [0.5, 0.6) is 0 Å². The molecule has 1 nitrogen and oxygen atoms in total. The highest BCUT2D eigenvalue weighted by molar-refractivity contribution is 9.10. The smallest absolute Gasteiger partial charge is 0.0253 e. The first kappa shape index (κ1) is 13.4. The third kappa shape index (κ3) is 3.07. The summed E-state index contributed by atoms with van der Waals surface area (Å²) in [5, 5.41) is 4.19. The topological polar surface area (TPSA) is 12.0 Å². The second kappa shape index (κ2) is 5.33. The van der Waals surface area contributed by atoms with Crippen molar-refractivity contribution in [2.45, 2.75) is 42.9 Å². The minimum absolute atomic E-state index is 0.415. The first-order valence-electron chi connectivity index (χ1n) is 6.12. The Bertz CT molecular complexity index is 392. The highest BCUT2D eigenvalue weighted by Crippen LogP contribution is 2.45. The summed E-state index contributed by atoms with van der Waals surface area (Å²) in [6.45, 7) is 4.74. The molecule has 1 aliphatic carbocycles. The number of halogens is 1. The van der Waals surface area contributed by atoms with E-state index in [4.69, 9.17) is 0 Å². The summed E-state index contributed by atoms with van der Waals surface area (Å²) in [7, 11) is 2.09. The van der Waals surface area contributed by atoms with E-state index in [2.05, 4.69) is 66.4 Å². The molecule has 3 heteroatoms. The molecule has 1 saturated carbocycles. The molecule has 0 radical (unpaired) electrons. The highest BCUT2D eigenvalue weighted by Gasteiger charge is 2.41. The van der Waals surface area contributed by atoms with Crippen molar-refractivity contribution >= 4 is 27.7 Å². The van der Waals surface area contributed by atoms with Crippen molar-refractivity contribution in [2.24, 2.45) is 5.41 Å². The number of thioether (sulfide) groups is 1. The van der Waals surface area contributed by atoms with E-state index < -0.39 is 0 Å². The van der Waals surface area contributed by atoms with Gasteiger partial charge in [0.25, 0.3) is 0 Å². The molecule has 94 valence electrons. The van der Waals surface area contributed by atoms with Crippen molar-refractivity contribution in [3.05, 3.63) is 28.7 Å². The van der Waals surface area contributed by atoms with Crippen LogP contribution in [0.3, 0.4) is 0 Å². The molecule has 17 heavy (non-hydrogen) atoms. The van der Waals surface area contributed by atoms with E-state index >= 15 is 0 Å². The first-order chi connectivity index (χ1) is 8.03. The zero-order valence-electron chi connectivity index (χ0n) is 10.7. The Hall–Kier alpha value is 0.01000. The van der Waals surface area contributed by atoms with E-state index in [-0.39, 0.29) is 0 Å². The number of hydrogen-bond acceptors (Lipinski definition) is 2. The van der Waals surface area contributed by atoms with Crippen LogP contribution in [0.15, 0.2) is 33.6 Å². The molecule has 1 aromatic carbocycles. The Morgan fingerprint density at radius 1 is 1.41 bits per heavy atom. The van der Waals surface area contributed by atoms with Crippen LogP contribution >= 0.6 is 27.7 Å². The van der Waals surface area contributed by atoms with Gasteiger partial charge in [-0.2, -0.15) is 0 Å². The summed E-state index contributed by atoms with van der Waals surface area (Å²) in [6, 6.07) is 9.21. The van der Waals surface area contributed by atoms with E-state index in [1.54, 1.807) is 0 Å². The normalized spacial score (nSPS) is 27.3. The van der Waals surface area contributed by atoms with Crippen molar-refractivity contribution in [3.8, 4) is 0 Å². The molecular weight excluding hydrogens is 294 g/mol. The van der Waals surface area contributed by atoms with Crippen LogP contribution < -0.4 is 5.32 Å². The molecule has 0 aromatic heterocycles. The molecule has 0 heterocycles. The lowest BCUT2D eigenvalue weighted by Crippen LogP contribution is -2.41. The fourth-order valence-electron chi connectivity index (χ4n) is 2.76. The van der Waals surface area contributed by atoms with Gasteiger partial charge >= 0.3 is 0 Å². The van der Waals surface area contributed by atoms with Gasteiger partial charge in [-0.25, -0.2) is 0 Å². The van der Waals surface area contributed by atoms with Crippen LogP contribution in [-0.4, -0.2) is 18.3 Å². The molecule has 2 atom stereocenters. The van der Waals surface area contributed by atoms with Gasteiger partial charge in [0.1, 0.15) is 0 Å². The molecule has 0 bridgehead atoms. The van der Waals surface area contributed by atoms with Crippen LogP contribution in [0.2, 0.25) is 0 Å². The maximum absolute atomic E-state index is 3.54. The zero-order valence-corrected chi connectivity index (χ0v) is 13.1. The van der Waals surface area contributed by atoms with E-state index in [9.17, 15) is 0 Å². The van der Waals surface area contributed by atoms with E-state index in [0.717, 1.165) is 0 Å². The van der Waals surface area contributed by atoms with Gasteiger partial charge in [-0.1, -0.05) is 35.8 Å². The zero-order chi connectivity index (χ0) is 12.5. The lowest BCUT2D eigenvalue weighted by molar-refractivity contribution is 0.300. The Kier molecular flexibility index (Phi) is 4.22. The van der Waals surface area contributed by atoms with Gasteiger partial charge in [-0.3, -0.25) is 0 Å². The van der Waals surface area contributed by atoms with Crippen LogP contribution in [-0.2, 0) is 0 Å². The summed E-state index contributed by atoms with van der Waals surface area (Å²) < 4.78 is 1.17. The molecule has 1 N–H and O–H groups in total. The molecule has 1 fully saturated rings. The summed E-state index contributed by atoms with van der Waals surface area (Å²) >= 11 is 5.55. The summed E-state index contributed by atoms with van der Waals surface area (Å²) in [4.78, 5) is 1.36. The fraction of sp³-hybridized carbons (Fsp3) is 0.571. The minimum Gasteiger partial charge on any atom is -0.315 e. The number of hydrogen-bond donors (Lipinski definition) is 1. The van der Waals surface area contributed by atoms with Crippen molar-refractivity contribution < 1.29 is 0 Å². The van der Waals surface area contributed by atoms with E-state index in [1.165, 1.54) is 22.2 Å². The summed E-state index contributed by atoms with van der Waals surface area (Å²) in [5.41, 5.74) is 0.415. The standard InChI is InChI=1S/C14H20BrNS/c1-14(2)8-7-12(13(14)16-3)17-11-6-4-5-10(15)9-11/h4-6,9,12-13,16H,7-8H2,1-3H3. The molecule has 0 spiro atoms. The summed E-state index contributed by atoms with van der Waals surface area (Å²) in [6.07, 6.45) is 2.61. The van der Waals surface area contributed by atoms with Crippen LogP contribution in [0.25, 0.3) is 0 Å². The Labute approximate surface area is 117 Å². The van der Waals surface area contributed by atoms with Crippen molar-refractivity contribution in [1.82, 2.24) is 5.32 Å². The highest BCUT2D eigenvalue weighted by atomic mass is 79.9. The van der Waals surface area contributed by atoms with Crippen molar-refractivity contribution in [1.29, 1.82) is 0 Å². The van der Waals surface area contributed by atoms with Gasteiger partial charge in [0.2, 0.25) is 0 Å². The number of nitrogens with one attached hydrogen (secondary N) is 1. The van der Waals surface area contributed by atoms with Gasteiger partial charge in [0.15, 0.2) is 0 Å². The van der Waals surface area contributed by atoms with Crippen molar-refractivity contribution in [2.75, 3.05) is 7.05 Å². The lowest BCUT2D eigenvalue weighted by atomic mass is 9.87. The minimum atomic E-state index is 0.415. The molecule has 1 aliphatic rings. The fourth-order valence-corrected chi connectivity index (χ4v) is 4.89. The van der Waals surface area contributed by atoms with Gasteiger partial charge in [-0.15, -0.1) is 11.8 Å². The van der Waals surface area contributed by atoms with Gasteiger partial charge in [0, 0.05) is 20.7 Å². The monoisotopic (exact) mass is 313 g/mol. The lowest BCUT2D eigenvalue weighted by Gasteiger charge is -2.30. The maximum Gasteiger partial charge on any atom is 0.0253 e. The second-order valence-corrected chi connectivity index (χ2v) is 7.64.